The highest BCUT2D eigenvalue weighted by molar-refractivity contribution is 6.44. The molecule has 0 heterocycles. The number of benzene rings is 2. The van der Waals surface area contributed by atoms with Gasteiger partial charge in [-0.2, -0.15) is 0 Å². The zero-order valence-corrected chi connectivity index (χ0v) is 14.8. The second-order valence-corrected chi connectivity index (χ2v) is 5.65. The highest BCUT2D eigenvalue weighted by Gasteiger charge is 2.09. The van der Waals surface area contributed by atoms with Gasteiger partial charge in [0, 0.05) is 6.08 Å². The molecule has 0 aliphatic heterocycles. The number of esters is 1. The second-order valence-electron chi connectivity index (χ2n) is 4.87. The van der Waals surface area contributed by atoms with E-state index in [-0.39, 0.29) is 5.02 Å². The minimum Gasteiger partial charge on any atom is -0.497 e. The number of rotatable bonds is 6. The summed E-state index contributed by atoms with van der Waals surface area (Å²) in [6, 6.07) is 12.0. The van der Waals surface area contributed by atoms with Crippen LogP contribution in [0, 0.1) is 0 Å². The van der Waals surface area contributed by atoms with Crippen molar-refractivity contribution in [2.24, 2.45) is 0 Å². The highest BCUT2D eigenvalue weighted by Crippen LogP contribution is 2.29. The minimum absolute atomic E-state index is 0.224. The molecule has 5 nitrogen and oxygen atoms in total. The van der Waals surface area contributed by atoms with Crippen LogP contribution in [0.25, 0.3) is 6.08 Å². The van der Waals surface area contributed by atoms with Gasteiger partial charge in [-0.3, -0.25) is 4.79 Å². The summed E-state index contributed by atoms with van der Waals surface area (Å²) >= 11 is 11.8. The Hall–Kier alpha value is -2.50. The van der Waals surface area contributed by atoms with E-state index in [1.54, 1.807) is 55.7 Å². The van der Waals surface area contributed by atoms with Gasteiger partial charge in [0.25, 0.3) is 5.91 Å². The average molecular weight is 380 g/mol. The van der Waals surface area contributed by atoms with E-state index >= 15 is 0 Å². The smallest absolute Gasteiger partial charge is 0.331 e. The first-order valence-corrected chi connectivity index (χ1v) is 7.98. The Balaban J connectivity index is 1.85. The third-order valence-corrected chi connectivity index (χ3v) is 3.90. The summed E-state index contributed by atoms with van der Waals surface area (Å²) in [5.41, 5.74) is 1.12. The van der Waals surface area contributed by atoms with Gasteiger partial charge in [0.2, 0.25) is 0 Å². The fourth-order valence-electron chi connectivity index (χ4n) is 1.88. The fourth-order valence-corrected chi connectivity index (χ4v) is 2.23. The molecule has 2 aromatic rings. The molecule has 1 amide bonds. The van der Waals surface area contributed by atoms with Crippen LogP contribution in [0.4, 0.5) is 5.69 Å². The van der Waals surface area contributed by atoms with Crippen molar-refractivity contribution in [3.63, 3.8) is 0 Å². The molecule has 2 aromatic carbocycles. The van der Waals surface area contributed by atoms with Crippen LogP contribution in [0.3, 0.4) is 0 Å². The lowest BCUT2D eigenvalue weighted by molar-refractivity contribution is -0.142. The number of carbonyl (C=O) groups is 2. The van der Waals surface area contributed by atoms with Crippen LogP contribution >= 0.6 is 23.2 Å². The third-order valence-electron chi connectivity index (χ3n) is 3.08. The Morgan fingerprint density at radius 1 is 1.16 bits per heavy atom. The standard InChI is InChI=1S/C18H15Cl2NO4/c1-24-13-5-2-4-12(10-13)8-9-17(23)25-11-16(22)21-15-7-3-6-14(19)18(15)20/h2-10H,11H2,1H3,(H,21,22)/b9-8-. The molecule has 0 saturated carbocycles. The topological polar surface area (TPSA) is 64.6 Å². The summed E-state index contributed by atoms with van der Waals surface area (Å²) in [6.07, 6.45) is 2.80. The van der Waals surface area contributed by atoms with Crippen molar-refractivity contribution in [3.05, 3.63) is 64.1 Å². The van der Waals surface area contributed by atoms with Gasteiger partial charge in [0.15, 0.2) is 6.61 Å². The predicted molar refractivity (Wildman–Crippen MR) is 98.1 cm³/mol. The molecule has 0 unspecified atom stereocenters. The van der Waals surface area contributed by atoms with Crippen LogP contribution in [0.5, 0.6) is 5.75 Å². The van der Waals surface area contributed by atoms with Gasteiger partial charge in [0.1, 0.15) is 5.75 Å². The Morgan fingerprint density at radius 2 is 1.92 bits per heavy atom. The number of hydrogen-bond donors (Lipinski definition) is 1. The average Bonchev–Trinajstić information content (AvgIpc) is 2.62. The molecule has 0 radical (unpaired) electrons. The maximum atomic E-state index is 11.8. The van der Waals surface area contributed by atoms with Gasteiger partial charge in [-0.15, -0.1) is 0 Å². The lowest BCUT2D eigenvalue weighted by atomic mass is 10.2. The van der Waals surface area contributed by atoms with Crippen molar-refractivity contribution in [1.29, 1.82) is 0 Å². The molecule has 2 rings (SSSR count). The Kier molecular flexibility index (Phi) is 6.86. The first kappa shape index (κ1) is 18.8. The van der Waals surface area contributed by atoms with Crippen molar-refractivity contribution < 1.29 is 19.1 Å². The van der Waals surface area contributed by atoms with Crippen LogP contribution in [-0.2, 0) is 14.3 Å². The molecule has 7 heteroatoms. The van der Waals surface area contributed by atoms with Crippen LogP contribution in [-0.4, -0.2) is 25.6 Å². The zero-order chi connectivity index (χ0) is 18.2. The second kappa shape index (κ2) is 9.11. The molecule has 0 aliphatic carbocycles. The Labute approximate surface area is 155 Å². The minimum atomic E-state index is -0.643. The molecule has 0 aliphatic rings. The van der Waals surface area contributed by atoms with Gasteiger partial charge < -0.3 is 14.8 Å². The van der Waals surface area contributed by atoms with Gasteiger partial charge in [-0.25, -0.2) is 4.79 Å². The van der Waals surface area contributed by atoms with Gasteiger partial charge in [-0.05, 0) is 35.9 Å². The first-order valence-electron chi connectivity index (χ1n) is 7.22. The van der Waals surface area contributed by atoms with E-state index in [0.717, 1.165) is 5.56 Å². The number of carbonyl (C=O) groups excluding carboxylic acids is 2. The summed E-state index contributed by atoms with van der Waals surface area (Å²) in [5, 5.41) is 3.06. The van der Waals surface area contributed by atoms with E-state index in [1.807, 2.05) is 0 Å². The van der Waals surface area contributed by atoms with Crippen molar-refractivity contribution in [1.82, 2.24) is 0 Å². The number of ether oxygens (including phenoxy) is 2. The van der Waals surface area contributed by atoms with Crippen molar-refractivity contribution in [2.75, 3.05) is 19.0 Å². The molecule has 1 N–H and O–H groups in total. The summed E-state index contributed by atoms with van der Waals surface area (Å²) in [6.45, 7) is -0.440. The molecule has 130 valence electrons. The van der Waals surface area contributed by atoms with Crippen LogP contribution < -0.4 is 10.1 Å². The molecule has 0 bridgehead atoms. The molecule has 0 atom stereocenters. The maximum absolute atomic E-state index is 11.8. The van der Waals surface area contributed by atoms with E-state index in [0.29, 0.717) is 16.5 Å². The number of halogens is 2. The van der Waals surface area contributed by atoms with E-state index in [4.69, 9.17) is 32.7 Å². The molecular weight excluding hydrogens is 365 g/mol. The summed E-state index contributed by atoms with van der Waals surface area (Å²) in [7, 11) is 1.56. The van der Waals surface area contributed by atoms with Crippen molar-refractivity contribution in [2.45, 2.75) is 0 Å². The Bertz CT molecular complexity index is 805. The van der Waals surface area contributed by atoms with Gasteiger partial charge in [-0.1, -0.05) is 41.4 Å². The van der Waals surface area contributed by atoms with Crippen molar-refractivity contribution in [3.8, 4) is 5.75 Å². The quantitative estimate of drug-likeness (QED) is 0.603. The number of hydrogen-bond acceptors (Lipinski definition) is 4. The summed E-state index contributed by atoms with van der Waals surface area (Å²) < 4.78 is 9.97. The highest BCUT2D eigenvalue weighted by atomic mass is 35.5. The molecule has 25 heavy (non-hydrogen) atoms. The number of amides is 1. The Morgan fingerprint density at radius 3 is 2.68 bits per heavy atom. The summed E-state index contributed by atoms with van der Waals surface area (Å²) in [5.74, 6) is -0.490. The van der Waals surface area contributed by atoms with Crippen LogP contribution in [0.1, 0.15) is 5.56 Å². The number of methoxy groups -OCH3 is 1. The van der Waals surface area contributed by atoms with Gasteiger partial charge >= 0.3 is 5.97 Å². The lowest BCUT2D eigenvalue weighted by Crippen LogP contribution is -2.20. The van der Waals surface area contributed by atoms with Crippen LogP contribution in [0.15, 0.2) is 48.5 Å². The van der Waals surface area contributed by atoms with E-state index < -0.39 is 18.5 Å². The van der Waals surface area contributed by atoms with Gasteiger partial charge in [0.05, 0.1) is 22.8 Å². The fraction of sp³-hybridized carbons (Fsp3) is 0.111. The zero-order valence-electron chi connectivity index (χ0n) is 13.3. The number of nitrogens with one attached hydrogen (secondary N) is 1. The maximum Gasteiger partial charge on any atom is 0.331 e. The largest absolute Gasteiger partial charge is 0.497 e. The molecule has 0 aromatic heterocycles. The molecule has 0 spiro atoms. The summed E-state index contributed by atoms with van der Waals surface area (Å²) in [4.78, 5) is 23.5. The SMILES string of the molecule is COc1cccc(/C=C\C(=O)OCC(=O)Nc2cccc(Cl)c2Cl)c1. The van der Waals surface area contributed by atoms with E-state index in [1.165, 1.54) is 6.08 Å². The molecule has 0 saturated heterocycles. The monoisotopic (exact) mass is 379 g/mol. The number of anilines is 1. The lowest BCUT2D eigenvalue weighted by Gasteiger charge is -2.08. The van der Waals surface area contributed by atoms with Crippen LogP contribution in [0.2, 0.25) is 10.0 Å². The predicted octanol–water partition coefficient (Wildman–Crippen LogP) is 4.20. The van der Waals surface area contributed by atoms with E-state index in [2.05, 4.69) is 5.32 Å². The molecular formula is C18H15Cl2NO4. The first-order chi connectivity index (χ1) is 12.0. The normalized spacial score (nSPS) is 10.5. The van der Waals surface area contributed by atoms with Crippen molar-refractivity contribution >= 4 is 46.8 Å². The molecule has 0 fully saturated rings. The third kappa shape index (κ3) is 5.81. The van der Waals surface area contributed by atoms with E-state index in [9.17, 15) is 9.59 Å².